The highest BCUT2D eigenvalue weighted by Gasteiger charge is 2.37. The summed E-state index contributed by atoms with van der Waals surface area (Å²) in [6.45, 7) is 7.39. The van der Waals surface area contributed by atoms with Crippen LogP contribution in [0.3, 0.4) is 0 Å². The van der Waals surface area contributed by atoms with E-state index < -0.39 is 15.8 Å². The van der Waals surface area contributed by atoms with Gasteiger partial charge in [0, 0.05) is 18.7 Å². The fourth-order valence-electron chi connectivity index (χ4n) is 2.62. The van der Waals surface area contributed by atoms with Crippen molar-refractivity contribution in [3.05, 3.63) is 29.6 Å². The Bertz CT molecular complexity index is 625. The van der Waals surface area contributed by atoms with Crippen molar-refractivity contribution >= 4 is 21.6 Å². The minimum absolute atomic E-state index is 0.0419. The molecule has 1 aliphatic rings. The minimum atomic E-state index is -3.57. The molecule has 0 aliphatic carbocycles. The summed E-state index contributed by atoms with van der Waals surface area (Å²) in [5.41, 5.74) is 0.290. The van der Waals surface area contributed by atoms with Gasteiger partial charge >= 0.3 is 0 Å². The summed E-state index contributed by atoms with van der Waals surface area (Å²) in [7, 11) is -3.57. The number of sulfonamides is 1. The number of nitrogens with zero attached hydrogens (tertiary/aromatic N) is 1. The van der Waals surface area contributed by atoms with Crippen LogP contribution in [0.4, 0.5) is 4.39 Å². The third-order valence-corrected chi connectivity index (χ3v) is 6.32. The first-order valence-corrected chi connectivity index (χ1v) is 8.98. The van der Waals surface area contributed by atoms with Gasteiger partial charge in [-0.2, -0.15) is 4.31 Å². The third-order valence-electron chi connectivity index (χ3n) is 4.17. The second-order valence-corrected chi connectivity index (χ2v) is 8.81. The second-order valence-electron chi connectivity index (χ2n) is 6.60. The van der Waals surface area contributed by atoms with Crippen molar-refractivity contribution in [3.63, 3.8) is 0 Å². The van der Waals surface area contributed by atoms with Crippen molar-refractivity contribution in [1.82, 2.24) is 4.31 Å². The van der Waals surface area contributed by atoms with Gasteiger partial charge in [-0.25, -0.2) is 12.8 Å². The molecule has 3 nitrogen and oxygen atoms in total. The van der Waals surface area contributed by atoms with Crippen molar-refractivity contribution in [2.75, 3.05) is 13.1 Å². The largest absolute Gasteiger partial charge is 0.243 e. The Labute approximate surface area is 131 Å². The summed E-state index contributed by atoms with van der Waals surface area (Å²) in [5, 5.41) is 0. The Balaban J connectivity index is 2.27. The SMILES string of the molecule is CC(C)(C)C1CCN(S(=O)(=O)c2ccc(F)c(CCl)c2)C1. The molecule has 0 spiro atoms. The molecular formula is C15H21ClFNO2S. The Hall–Kier alpha value is -0.650. The zero-order valence-corrected chi connectivity index (χ0v) is 14.1. The quantitative estimate of drug-likeness (QED) is 0.792. The van der Waals surface area contributed by atoms with Gasteiger partial charge in [-0.3, -0.25) is 0 Å². The van der Waals surface area contributed by atoms with Crippen LogP contribution < -0.4 is 0 Å². The topological polar surface area (TPSA) is 37.4 Å². The molecule has 1 aromatic rings. The van der Waals surface area contributed by atoms with E-state index in [-0.39, 0.29) is 21.8 Å². The molecule has 1 fully saturated rings. The minimum Gasteiger partial charge on any atom is -0.207 e. The number of hydrogen-bond donors (Lipinski definition) is 0. The molecule has 118 valence electrons. The number of alkyl halides is 1. The van der Waals surface area contributed by atoms with E-state index in [9.17, 15) is 12.8 Å². The Morgan fingerprint density at radius 2 is 2.05 bits per heavy atom. The van der Waals surface area contributed by atoms with E-state index in [2.05, 4.69) is 20.8 Å². The van der Waals surface area contributed by atoms with Crippen molar-refractivity contribution in [3.8, 4) is 0 Å². The van der Waals surface area contributed by atoms with Crippen LogP contribution >= 0.6 is 11.6 Å². The summed E-state index contributed by atoms with van der Waals surface area (Å²) in [6.07, 6.45) is 0.853. The predicted octanol–water partition coefficient (Wildman–Crippen LogP) is 3.62. The highest BCUT2D eigenvalue weighted by molar-refractivity contribution is 7.89. The normalized spacial score (nSPS) is 20.9. The van der Waals surface area contributed by atoms with Gasteiger partial charge in [-0.15, -0.1) is 11.6 Å². The van der Waals surface area contributed by atoms with Crippen LogP contribution in [0.15, 0.2) is 23.1 Å². The van der Waals surface area contributed by atoms with Crippen molar-refractivity contribution in [2.24, 2.45) is 11.3 Å². The lowest BCUT2D eigenvalue weighted by Gasteiger charge is -2.26. The molecule has 0 saturated carbocycles. The van der Waals surface area contributed by atoms with E-state index in [1.54, 1.807) is 0 Å². The zero-order valence-electron chi connectivity index (χ0n) is 12.6. The van der Waals surface area contributed by atoms with Crippen LogP contribution in [-0.2, 0) is 15.9 Å². The van der Waals surface area contributed by atoms with Gasteiger partial charge in [-0.1, -0.05) is 20.8 Å². The first-order chi connectivity index (χ1) is 9.66. The van der Waals surface area contributed by atoms with E-state index in [0.717, 1.165) is 6.42 Å². The maximum Gasteiger partial charge on any atom is 0.243 e. The van der Waals surface area contributed by atoms with E-state index in [4.69, 9.17) is 11.6 Å². The van der Waals surface area contributed by atoms with E-state index in [1.807, 2.05) is 0 Å². The van der Waals surface area contributed by atoms with Gasteiger partial charge in [-0.05, 0) is 36.0 Å². The maximum absolute atomic E-state index is 13.5. The van der Waals surface area contributed by atoms with Crippen LogP contribution in [0.25, 0.3) is 0 Å². The molecular weight excluding hydrogens is 313 g/mol. The van der Waals surface area contributed by atoms with Crippen LogP contribution in [0.5, 0.6) is 0 Å². The fraction of sp³-hybridized carbons (Fsp3) is 0.600. The number of halogens is 2. The summed E-state index contributed by atoms with van der Waals surface area (Å²) >= 11 is 5.65. The number of hydrogen-bond acceptors (Lipinski definition) is 2. The molecule has 21 heavy (non-hydrogen) atoms. The Morgan fingerprint density at radius 3 is 2.57 bits per heavy atom. The van der Waals surface area contributed by atoms with E-state index in [0.29, 0.717) is 19.0 Å². The van der Waals surface area contributed by atoms with Crippen molar-refractivity contribution in [2.45, 2.75) is 38.0 Å². The summed E-state index contributed by atoms with van der Waals surface area (Å²) in [5.74, 6) is -0.182. The molecule has 0 bridgehead atoms. The summed E-state index contributed by atoms with van der Waals surface area (Å²) in [4.78, 5) is 0.120. The highest BCUT2D eigenvalue weighted by Crippen LogP contribution is 2.36. The third kappa shape index (κ3) is 3.41. The summed E-state index contributed by atoms with van der Waals surface area (Å²) in [6, 6.07) is 3.81. The number of benzene rings is 1. The van der Waals surface area contributed by atoms with Gasteiger partial charge in [0.25, 0.3) is 0 Å². The average molecular weight is 334 g/mol. The monoisotopic (exact) mass is 333 g/mol. The Kier molecular flexibility index (Phi) is 4.66. The van der Waals surface area contributed by atoms with Gasteiger partial charge in [0.1, 0.15) is 5.82 Å². The van der Waals surface area contributed by atoms with Gasteiger partial charge < -0.3 is 0 Å². The van der Waals surface area contributed by atoms with Crippen LogP contribution in [0.1, 0.15) is 32.8 Å². The average Bonchev–Trinajstić information content (AvgIpc) is 2.89. The lowest BCUT2D eigenvalue weighted by atomic mass is 9.80. The second kappa shape index (κ2) is 5.86. The van der Waals surface area contributed by atoms with E-state index >= 15 is 0 Å². The molecule has 1 heterocycles. The van der Waals surface area contributed by atoms with Crippen molar-refractivity contribution < 1.29 is 12.8 Å². The molecule has 0 aromatic heterocycles. The highest BCUT2D eigenvalue weighted by atomic mass is 35.5. The molecule has 2 rings (SSSR count). The maximum atomic E-state index is 13.5. The van der Waals surface area contributed by atoms with Gasteiger partial charge in [0.15, 0.2) is 0 Å². The first-order valence-electron chi connectivity index (χ1n) is 7.01. The van der Waals surface area contributed by atoms with Gasteiger partial charge in [0.05, 0.1) is 10.8 Å². The molecule has 6 heteroatoms. The molecule has 1 saturated heterocycles. The first kappa shape index (κ1) is 16.7. The zero-order chi connectivity index (χ0) is 15.8. The lowest BCUT2D eigenvalue weighted by molar-refractivity contribution is 0.252. The molecule has 1 aliphatic heterocycles. The standard InChI is InChI=1S/C15H21ClFNO2S/c1-15(2,3)12-6-7-18(10-12)21(19,20)13-4-5-14(17)11(8-13)9-16/h4-5,8,12H,6-7,9-10H2,1-3H3. The molecule has 1 atom stereocenters. The smallest absolute Gasteiger partial charge is 0.207 e. The fourth-order valence-corrected chi connectivity index (χ4v) is 4.37. The van der Waals surface area contributed by atoms with Crippen molar-refractivity contribution in [1.29, 1.82) is 0 Å². The summed E-state index contributed by atoms with van der Waals surface area (Å²) < 4.78 is 40.2. The molecule has 1 aromatic carbocycles. The van der Waals surface area contributed by atoms with Crippen LogP contribution in [0.2, 0.25) is 0 Å². The predicted molar refractivity (Wildman–Crippen MR) is 82.3 cm³/mol. The molecule has 1 unspecified atom stereocenters. The Morgan fingerprint density at radius 1 is 1.38 bits per heavy atom. The number of rotatable bonds is 3. The lowest BCUT2D eigenvalue weighted by Crippen LogP contribution is -2.31. The van der Waals surface area contributed by atoms with Crippen LogP contribution in [0, 0.1) is 17.2 Å². The molecule has 0 amide bonds. The van der Waals surface area contributed by atoms with Gasteiger partial charge in [0.2, 0.25) is 10.0 Å². The molecule has 0 radical (unpaired) electrons. The van der Waals surface area contributed by atoms with Crippen LogP contribution in [-0.4, -0.2) is 25.8 Å². The van der Waals surface area contributed by atoms with E-state index in [1.165, 1.54) is 22.5 Å². The molecule has 0 N–H and O–H groups in total.